The molecule has 1 aliphatic heterocycles. The van der Waals surface area contributed by atoms with Crippen LogP contribution in [0.2, 0.25) is 0 Å². The van der Waals surface area contributed by atoms with E-state index in [0.29, 0.717) is 28.7 Å². The number of ether oxygens (including phenoxy) is 1. The van der Waals surface area contributed by atoms with Gasteiger partial charge in [0.05, 0.1) is 16.5 Å². The fraction of sp³-hybridized carbons (Fsp3) is 0.227. The summed E-state index contributed by atoms with van der Waals surface area (Å²) in [6, 6.07) is 10.9. The van der Waals surface area contributed by atoms with Crippen molar-refractivity contribution in [3.8, 4) is 0 Å². The topological polar surface area (TPSA) is 107 Å². The Morgan fingerprint density at radius 1 is 1.10 bits per heavy atom. The summed E-state index contributed by atoms with van der Waals surface area (Å²) in [5, 5.41) is 3.06. The average Bonchev–Trinajstić information content (AvgIpc) is 3.20. The molecule has 1 N–H and O–H groups in total. The summed E-state index contributed by atoms with van der Waals surface area (Å²) < 4.78 is 6.80. The van der Waals surface area contributed by atoms with Crippen LogP contribution in [-0.4, -0.2) is 33.8 Å². The molecule has 8 nitrogen and oxygen atoms in total. The number of anilines is 1. The number of esters is 1. The van der Waals surface area contributed by atoms with E-state index in [1.165, 1.54) is 19.1 Å². The average molecular weight is 405 g/mol. The highest BCUT2D eigenvalue weighted by atomic mass is 16.5. The highest BCUT2D eigenvalue weighted by Gasteiger charge is 2.18. The van der Waals surface area contributed by atoms with Crippen molar-refractivity contribution in [2.45, 2.75) is 26.3 Å². The zero-order valence-corrected chi connectivity index (χ0v) is 16.3. The van der Waals surface area contributed by atoms with Crippen molar-refractivity contribution in [3.63, 3.8) is 0 Å². The number of carbonyl (C=O) groups excluding carboxylic acids is 3. The monoisotopic (exact) mass is 405 g/mol. The molecule has 4 rings (SSSR count). The van der Waals surface area contributed by atoms with Gasteiger partial charge in [-0.1, -0.05) is 0 Å². The molecule has 1 aliphatic rings. The molecule has 0 saturated carbocycles. The van der Waals surface area contributed by atoms with Gasteiger partial charge >= 0.3 is 5.97 Å². The smallest absolute Gasteiger partial charge is 0.338 e. The summed E-state index contributed by atoms with van der Waals surface area (Å²) in [7, 11) is 0. The number of nitrogens with zero attached hydrogens (tertiary/aromatic N) is 2. The van der Waals surface area contributed by atoms with Gasteiger partial charge in [-0.25, -0.2) is 9.78 Å². The summed E-state index contributed by atoms with van der Waals surface area (Å²) in [5.74, 6) is -0.522. The van der Waals surface area contributed by atoms with Gasteiger partial charge in [0.2, 0.25) is 5.91 Å². The number of fused-ring (bicyclic) bond motifs is 2. The highest BCUT2D eigenvalue weighted by molar-refractivity contribution is 6.00. The zero-order valence-electron chi connectivity index (χ0n) is 16.3. The van der Waals surface area contributed by atoms with Crippen LogP contribution in [0.25, 0.3) is 10.9 Å². The zero-order chi connectivity index (χ0) is 21.3. The van der Waals surface area contributed by atoms with Crippen molar-refractivity contribution in [2.24, 2.45) is 0 Å². The Morgan fingerprint density at radius 3 is 2.57 bits per heavy atom. The Balaban J connectivity index is 1.45. The minimum Gasteiger partial charge on any atom is -0.454 e. The van der Waals surface area contributed by atoms with Crippen LogP contribution >= 0.6 is 0 Å². The van der Waals surface area contributed by atoms with Gasteiger partial charge < -0.3 is 10.1 Å². The predicted molar refractivity (Wildman–Crippen MR) is 110 cm³/mol. The quantitative estimate of drug-likeness (QED) is 0.516. The van der Waals surface area contributed by atoms with Crippen molar-refractivity contribution >= 4 is 34.3 Å². The molecular weight excluding hydrogens is 386 g/mol. The van der Waals surface area contributed by atoms with Crippen LogP contribution in [0.1, 0.15) is 39.9 Å². The largest absolute Gasteiger partial charge is 0.454 e. The molecule has 0 unspecified atom stereocenters. The van der Waals surface area contributed by atoms with E-state index in [1.807, 2.05) is 0 Å². The van der Waals surface area contributed by atoms with E-state index in [-0.39, 0.29) is 22.8 Å². The van der Waals surface area contributed by atoms with E-state index in [2.05, 4.69) is 10.3 Å². The van der Waals surface area contributed by atoms with Crippen molar-refractivity contribution in [1.82, 2.24) is 9.55 Å². The van der Waals surface area contributed by atoms with Gasteiger partial charge in [-0.05, 0) is 48.9 Å². The summed E-state index contributed by atoms with van der Waals surface area (Å²) in [5.41, 5.74) is 1.50. The highest BCUT2D eigenvalue weighted by Crippen LogP contribution is 2.17. The number of hydrogen-bond donors (Lipinski definition) is 1. The number of nitrogens with one attached hydrogen (secondary N) is 1. The Morgan fingerprint density at radius 2 is 1.83 bits per heavy atom. The molecule has 0 radical (unpaired) electrons. The Hall–Kier alpha value is -3.81. The van der Waals surface area contributed by atoms with E-state index in [4.69, 9.17) is 4.74 Å². The van der Waals surface area contributed by atoms with Crippen molar-refractivity contribution in [1.29, 1.82) is 0 Å². The lowest BCUT2D eigenvalue weighted by molar-refractivity contribution is -0.114. The second kappa shape index (κ2) is 7.90. The first-order valence-electron chi connectivity index (χ1n) is 9.54. The molecular formula is C22H19N3O5. The summed E-state index contributed by atoms with van der Waals surface area (Å²) in [4.78, 5) is 52.7. The molecule has 0 atom stereocenters. The number of ketones is 1. The SMILES string of the molecule is CC(=O)Nc1ccc(C(=O)COC(=O)c2ccc3c(=O)n4c(nc3c2)CCC4)cc1. The number of benzene rings is 2. The number of aromatic nitrogens is 2. The summed E-state index contributed by atoms with van der Waals surface area (Å²) in [6.45, 7) is 1.64. The van der Waals surface area contributed by atoms with Crippen molar-refractivity contribution < 1.29 is 19.1 Å². The maximum absolute atomic E-state index is 12.5. The molecule has 3 aromatic rings. The van der Waals surface area contributed by atoms with Gasteiger partial charge in [-0.2, -0.15) is 0 Å². The summed E-state index contributed by atoms with van der Waals surface area (Å²) >= 11 is 0. The van der Waals surface area contributed by atoms with Crippen LogP contribution in [0.5, 0.6) is 0 Å². The first-order chi connectivity index (χ1) is 14.4. The fourth-order valence-corrected chi connectivity index (χ4v) is 3.45. The molecule has 152 valence electrons. The number of aryl methyl sites for hydroxylation is 1. The van der Waals surface area contributed by atoms with Gasteiger partial charge in [0.1, 0.15) is 5.82 Å². The van der Waals surface area contributed by atoms with E-state index in [1.54, 1.807) is 34.9 Å². The number of hydrogen-bond acceptors (Lipinski definition) is 6. The molecule has 1 amide bonds. The summed E-state index contributed by atoms with van der Waals surface area (Å²) in [6.07, 6.45) is 1.61. The Kier molecular flexibility index (Phi) is 5.14. The minimum atomic E-state index is -0.664. The molecule has 0 bridgehead atoms. The third-order valence-electron chi connectivity index (χ3n) is 4.91. The number of Topliss-reactive ketones (excluding diaryl/α,β-unsaturated/α-hetero) is 1. The lowest BCUT2D eigenvalue weighted by Crippen LogP contribution is -2.21. The molecule has 0 spiro atoms. The van der Waals surface area contributed by atoms with E-state index >= 15 is 0 Å². The third kappa shape index (κ3) is 3.84. The Bertz CT molecular complexity index is 1230. The first kappa shape index (κ1) is 19.5. The Labute approximate surface area is 171 Å². The number of rotatable bonds is 5. The number of carbonyl (C=O) groups is 3. The predicted octanol–water partition coefficient (Wildman–Crippen LogP) is 2.34. The van der Waals surface area contributed by atoms with Gasteiger partial charge in [-0.3, -0.25) is 19.0 Å². The molecule has 0 saturated heterocycles. The van der Waals surface area contributed by atoms with Gasteiger partial charge in [-0.15, -0.1) is 0 Å². The number of amides is 1. The third-order valence-corrected chi connectivity index (χ3v) is 4.91. The van der Waals surface area contributed by atoms with Gasteiger partial charge in [0.15, 0.2) is 12.4 Å². The van der Waals surface area contributed by atoms with Crippen LogP contribution < -0.4 is 10.9 Å². The second-order valence-corrected chi connectivity index (χ2v) is 7.08. The molecule has 1 aromatic heterocycles. The van der Waals surface area contributed by atoms with Crippen molar-refractivity contribution in [2.75, 3.05) is 11.9 Å². The van der Waals surface area contributed by atoms with Crippen molar-refractivity contribution in [3.05, 3.63) is 69.8 Å². The molecule has 0 fully saturated rings. The minimum absolute atomic E-state index is 0.106. The van der Waals surface area contributed by atoms with Crippen LogP contribution in [0, 0.1) is 0 Å². The second-order valence-electron chi connectivity index (χ2n) is 7.08. The molecule has 8 heteroatoms. The lowest BCUT2D eigenvalue weighted by Gasteiger charge is -2.08. The fourth-order valence-electron chi connectivity index (χ4n) is 3.45. The maximum atomic E-state index is 12.5. The van der Waals surface area contributed by atoms with Gasteiger partial charge in [0.25, 0.3) is 5.56 Å². The molecule has 30 heavy (non-hydrogen) atoms. The van der Waals surface area contributed by atoms with Crippen LogP contribution in [-0.2, 0) is 22.5 Å². The van der Waals surface area contributed by atoms with E-state index < -0.39 is 12.6 Å². The maximum Gasteiger partial charge on any atom is 0.338 e. The lowest BCUT2D eigenvalue weighted by atomic mass is 10.1. The van der Waals surface area contributed by atoms with Crippen LogP contribution in [0.15, 0.2) is 47.3 Å². The molecule has 2 heterocycles. The first-order valence-corrected chi connectivity index (χ1v) is 9.54. The molecule has 0 aliphatic carbocycles. The van der Waals surface area contributed by atoms with Crippen LogP contribution in [0.3, 0.4) is 0 Å². The van der Waals surface area contributed by atoms with Crippen LogP contribution in [0.4, 0.5) is 5.69 Å². The molecule has 2 aromatic carbocycles. The van der Waals surface area contributed by atoms with E-state index in [0.717, 1.165) is 18.7 Å². The van der Waals surface area contributed by atoms with E-state index in [9.17, 15) is 19.2 Å². The van der Waals surface area contributed by atoms with Gasteiger partial charge in [0, 0.05) is 31.1 Å². The standard InChI is InChI=1S/C22H19N3O5/c1-13(26)23-16-7-4-14(5-8-16)19(27)12-30-22(29)15-6-9-17-18(11-15)24-20-3-2-10-25(20)21(17)28/h4-9,11H,2-3,10,12H2,1H3,(H,23,26). The normalized spacial score (nSPS) is 12.4.